The van der Waals surface area contributed by atoms with E-state index in [1.54, 1.807) is 25.7 Å². The van der Waals surface area contributed by atoms with Gasteiger partial charge in [-0.25, -0.2) is 18.4 Å². The van der Waals surface area contributed by atoms with Gasteiger partial charge in [-0.3, -0.25) is 9.69 Å². The van der Waals surface area contributed by atoms with E-state index in [4.69, 9.17) is 13.9 Å². The zero-order valence-corrected chi connectivity index (χ0v) is 30.0. The molecule has 1 aliphatic heterocycles. The number of aromatic carboxylic acids is 1. The van der Waals surface area contributed by atoms with E-state index in [2.05, 4.69) is 39.2 Å². The largest absolute Gasteiger partial charge is 0.478 e. The van der Waals surface area contributed by atoms with Crippen LogP contribution >= 0.6 is 0 Å². The van der Waals surface area contributed by atoms with E-state index in [1.807, 2.05) is 6.92 Å². The number of hydrogen-bond acceptors (Lipinski definition) is 6. The molecule has 260 valence electrons. The molecule has 47 heavy (non-hydrogen) atoms. The third kappa shape index (κ3) is 10.6. The third-order valence-corrected chi connectivity index (χ3v) is 13.0. The minimum Gasteiger partial charge on any atom is -0.478 e. The van der Waals surface area contributed by atoms with Crippen molar-refractivity contribution >= 4 is 26.3 Å². The summed E-state index contributed by atoms with van der Waals surface area (Å²) >= 11 is 0. The van der Waals surface area contributed by atoms with E-state index in [-0.39, 0.29) is 40.8 Å². The molecule has 0 spiro atoms. The molecule has 0 aromatic heterocycles. The van der Waals surface area contributed by atoms with Crippen LogP contribution in [0.1, 0.15) is 87.6 Å². The van der Waals surface area contributed by atoms with Crippen molar-refractivity contribution in [3.8, 4) is 0 Å². The fourth-order valence-electron chi connectivity index (χ4n) is 5.30. The van der Waals surface area contributed by atoms with Crippen molar-refractivity contribution in [2.24, 2.45) is 0 Å². The Morgan fingerprint density at radius 3 is 2.19 bits per heavy atom. The molecular weight excluding hydrogens is 626 g/mol. The van der Waals surface area contributed by atoms with Gasteiger partial charge in [-0.05, 0) is 94.1 Å². The lowest BCUT2D eigenvalue weighted by molar-refractivity contribution is 0.000336. The van der Waals surface area contributed by atoms with Crippen LogP contribution < -0.4 is 5.32 Å². The van der Waals surface area contributed by atoms with Gasteiger partial charge in [0.05, 0.1) is 36.4 Å². The van der Waals surface area contributed by atoms with Gasteiger partial charge < -0.3 is 24.3 Å². The maximum Gasteiger partial charge on any atom is 0.410 e. The first-order valence-electron chi connectivity index (χ1n) is 16.1. The maximum atomic E-state index is 14.5. The molecule has 3 rings (SSSR count). The lowest BCUT2D eigenvalue weighted by Gasteiger charge is -2.45. The molecule has 0 aliphatic carbocycles. The van der Waals surface area contributed by atoms with Gasteiger partial charge in [-0.2, -0.15) is 0 Å². The Bertz CT molecular complexity index is 1400. The molecule has 2 N–H and O–H groups in total. The Balaban J connectivity index is 2.18. The normalized spacial score (nSPS) is 18.5. The fraction of sp³-hybridized carbons (Fsp3) is 0.571. The molecule has 0 bridgehead atoms. The number of amides is 2. The van der Waals surface area contributed by atoms with E-state index in [0.29, 0.717) is 13.0 Å². The molecule has 12 heteroatoms. The van der Waals surface area contributed by atoms with Crippen molar-refractivity contribution in [2.45, 2.75) is 116 Å². The molecular formula is C35H50F2N2O7Si. The summed E-state index contributed by atoms with van der Waals surface area (Å²) in [6, 6.07) is 7.21. The highest BCUT2D eigenvalue weighted by molar-refractivity contribution is 6.74. The van der Waals surface area contributed by atoms with Crippen LogP contribution in [0.4, 0.5) is 13.6 Å². The Kier molecular flexibility index (Phi) is 12.4. The monoisotopic (exact) mass is 676 g/mol. The van der Waals surface area contributed by atoms with Gasteiger partial charge in [0, 0.05) is 18.2 Å². The second-order valence-electron chi connectivity index (χ2n) is 14.7. The number of benzene rings is 2. The number of carboxylic acids is 1. The minimum absolute atomic E-state index is 0.0442. The fourth-order valence-corrected chi connectivity index (χ4v) is 6.65. The van der Waals surface area contributed by atoms with E-state index in [9.17, 15) is 28.3 Å². The quantitative estimate of drug-likeness (QED) is 0.229. The van der Waals surface area contributed by atoms with Crippen molar-refractivity contribution in [3.63, 3.8) is 0 Å². The van der Waals surface area contributed by atoms with Crippen LogP contribution in [0.25, 0.3) is 0 Å². The summed E-state index contributed by atoms with van der Waals surface area (Å²) in [4.78, 5) is 40.8. The summed E-state index contributed by atoms with van der Waals surface area (Å²) in [6.45, 7) is 18.3. The minimum atomic E-state index is -2.65. The smallest absolute Gasteiger partial charge is 0.410 e. The molecule has 1 aliphatic rings. The molecule has 1 fully saturated rings. The molecule has 0 radical (unpaired) electrons. The standard InChI is InChI=1S/C35H50F2N2O7Si/c1-10-14-44-27-20-29(39(21-27)33(43)45-34(2,3)4)30(46-47(8,9)35(5,6)7)28(17-22-15-25(36)19-26(37)16-22)38-31(40)23-12-11-13-24(18-23)32(41)42/h11-13,15-16,18-19,27-30H,10,14,17,20-21H2,1-9H3,(H,38,40)(H,41,42)/t27-,28+,29-,30+/m1/s1. The molecule has 2 aromatic carbocycles. The summed E-state index contributed by atoms with van der Waals surface area (Å²) in [5.74, 6) is -3.34. The van der Waals surface area contributed by atoms with Crippen LogP contribution in [0.15, 0.2) is 42.5 Å². The summed E-state index contributed by atoms with van der Waals surface area (Å²) < 4.78 is 47.9. The molecule has 2 aromatic rings. The second kappa shape index (κ2) is 15.2. The third-order valence-electron chi connectivity index (χ3n) is 8.57. The van der Waals surface area contributed by atoms with Crippen LogP contribution in [-0.4, -0.2) is 79.3 Å². The van der Waals surface area contributed by atoms with Gasteiger partial charge in [0.2, 0.25) is 0 Å². The van der Waals surface area contributed by atoms with E-state index in [0.717, 1.165) is 12.5 Å². The van der Waals surface area contributed by atoms with Gasteiger partial charge >= 0.3 is 12.1 Å². The highest BCUT2D eigenvalue weighted by Gasteiger charge is 2.49. The number of ether oxygens (including phenoxy) is 2. The number of carbonyl (C=O) groups excluding carboxylic acids is 2. The average molecular weight is 677 g/mol. The Hall–Kier alpha value is -3.35. The number of nitrogens with zero attached hydrogens (tertiary/aromatic N) is 1. The number of rotatable bonds is 12. The van der Waals surface area contributed by atoms with Gasteiger partial charge in [-0.15, -0.1) is 0 Å². The highest BCUT2D eigenvalue weighted by Crippen LogP contribution is 2.40. The summed E-state index contributed by atoms with van der Waals surface area (Å²) in [6.07, 6.45) is -0.666. The Morgan fingerprint density at radius 1 is 1.02 bits per heavy atom. The van der Waals surface area contributed by atoms with Crippen molar-refractivity contribution in [1.82, 2.24) is 10.2 Å². The highest BCUT2D eigenvalue weighted by atomic mass is 28.4. The average Bonchev–Trinajstić information content (AvgIpc) is 3.36. The molecule has 0 unspecified atom stereocenters. The first-order chi connectivity index (χ1) is 21.7. The first-order valence-corrected chi connectivity index (χ1v) is 19.0. The zero-order chi connectivity index (χ0) is 35.3. The van der Waals surface area contributed by atoms with Gasteiger partial charge in [0.25, 0.3) is 5.91 Å². The van der Waals surface area contributed by atoms with Gasteiger partial charge in [0.1, 0.15) is 17.2 Å². The topological polar surface area (TPSA) is 114 Å². The number of nitrogens with one attached hydrogen (secondary N) is 1. The number of hydrogen-bond donors (Lipinski definition) is 2. The van der Waals surface area contributed by atoms with E-state index < -0.39 is 61.7 Å². The summed E-state index contributed by atoms with van der Waals surface area (Å²) in [5.41, 5.74) is -0.498. The molecule has 2 amide bonds. The first kappa shape index (κ1) is 38.1. The molecule has 1 saturated heterocycles. The van der Waals surface area contributed by atoms with Crippen molar-refractivity contribution in [3.05, 3.63) is 70.8 Å². The van der Waals surface area contributed by atoms with Crippen LogP contribution in [0.5, 0.6) is 0 Å². The zero-order valence-electron chi connectivity index (χ0n) is 29.0. The number of halogens is 2. The van der Waals surface area contributed by atoms with Crippen molar-refractivity contribution in [1.29, 1.82) is 0 Å². The van der Waals surface area contributed by atoms with E-state index >= 15 is 0 Å². The summed E-state index contributed by atoms with van der Waals surface area (Å²) in [5, 5.41) is 12.2. The van der Waals surface area contributed by atoms with E-state index in [1.165, 1.54) is 36.4 Å². The summed E-state index contributed by atoms with van der Waals surface area (Å²) in [7, 11) is -2.65. The molecule has 1 heterocycles. The number of carbonyl (C=O) groups is 3. The van der Waals surface area contributed by atoms with Crippen LogP contribution in [0, 0.1) is 11.6 Å². The molecule has 0 saturated carbocycles. The van der Waals surface area contributed by atoms with Crippen LogP contribution in [-0.2, 0) is 20.3 Å². The van der Waals surface area contributed by atoms with Crippen LogP contribution in [0.2, 0.25) is 18.1 Å². The predicted octanol–water partition coefficient (Wildman–Crippen LogP) is 7.20. The lowest BCUT2D eigenvalue weighted by atomic mass is 9.94. The van der Waals surface area contributed by atoms with Crippen molar-refractivity contribution in [2.75, 3.05) is 13.2 Å². The Morgan fingerprint density at radius 2 is 1.64 bits per heavy atom. The van der Waals surface area contributed by atoms with Crippen LogP contribution in [0.3, 0.4) is 0 Å². The second-order valence-corrected chi connectivity index (χ2v) is 19.5. The molecule has 9 nitrogen and oxygen atoms in total. The number of likely N-dealkylation sites (tertiary alicyclic amines) is 1. The molecule has 4 atom stereocenters. The SMILES string of the molecule is CCCO[C@@H]1C[C@H]([C@@H](O[Si](C)(C)C(C)(C)C)[C@H](Cc2cc(F)cc(F)c2)NC(=O)c2cccc(C(=O)O)c2)N(C(=O)OC(C)(C)C)C1. The van der Waals surface area contributed by atoms with Gasteiger partial charge in [-0.1, -0.05) is 33.8 Å². The lowest BCUT2D eigenvalue weighted by Crippen LogP contribution is -2.60. The predicted molar refractivity (Wildman–Crippen MR) is 178 cm³/mol. The maximum absolute atomic E-state index is 14.5. The van der Waals surface area contributed by atoms with Gasteiger partial charge in [0.15, 0.2) is 8.32 Å². The number of carboxylic acid groups (broad SMARTS) is 1. The Labute approximate surface area is 278 Å². The van der Waals surface area contributed by atoms with Crippen molar-refractivity contribution < 1.29 is 42.2 Å².